The van der Waals surface area contributed by atoms with Gasteiger partial charge in [-0.3, -0.25) is 0 Å². The lowest BCUT2D eigenvalue weighted by molar-refractivity contribution is -0.0864. The van der Waals surface area contributed by atoms with Gasteiger partial charge in [-0.15, -0.1) is 0 Å². The Hall–Kier alpha value is -1.01. The summed E-state index contributed by atoms with van der Waals surface area (Å²) in [6, 6.07) is 3.90. The van der Waals surface area contributed by atoms with Gasteiger partial charge in [-0.05, 0) is 17.7 Å². The number of nitrogens with one attached hydrogen (secondary N) is 1. The Kier molecular flexibility index (Phi) is 5.19. The average molecular weight is 314 g/mol. The first kappa shape index (κ1) is 14.9. The van der Waals surface area contributed by atoms with Crippen molar-refractivity contribution in [1.29, 1.82) is 0 Å². The van der Waals surface area contributed by atoms with E-state index in [9.17, 15) is 0 Å². The van der Waals surface area contributed by atoms with Crippen LogP contribution in [-0.4, -0.2) is 45.7 Å². The Morgan fingerprint density at radius 3 is 2.90 bits per heavy atom. The van der Waals surface area contributed by atoms with Crippen LogP contribution >= 0.6 is 11.6 Å². The highest BCUT2D eigenvalue weighted by molar-refractivity contribution is 6.32. The second-order valence-corrected chi connectivity index (χ2v) is 5.56. The topological polar surface area (TPSA) is 49.0 Å². The van der Waals surface area contributed by atoms with Gasteiger partial charge < -0.3 is 24.3 Å². The van der Waals surface area contributed by atoms with Crippen molar-refractivity contribution in [3.8, 4) is 11.5 Å². The van der Waals surface area contributed by atoms with Gasteiger partial charge in [0.25, 0.3) is 0 Å². The van der Waals surface area contributed by atoms with E-state index in [-0.39, 0.29) is 6.10 Å². The number of benzene rings is 1. The number of hydrogen-bond donors (Lipinski definition) is 1. The highest BCUT2D eigenvalue weighted by Gasteiger charge is 2.16. The average Bonchev–Trinajstić information content (AvgIpc) is 2.74. The summed E-state index contributed by atoms with van der Waals surface area (Å²) in [5, 5.41) is 3.96. The van der Waals surface area contributed by atoms with Crippen molar-refractivity contribution in [2.75, 3.05) is 39.6 Å². The normalized spacial score (nSPS) is 21.9. The Balaban J connectivity index is 1.57. The molecule has 1 atom stereocenters. The number of fused-ring (bicyclic) bond motifs is 1. The zero-order valence-corrected chi connectivity index (χ0v) is 12.7. The van der Waals surface area contributed by atoms with Gasteiger partial charge >= 0.3 is 0 Å². The molecule has 0 aliphatic carbocycles. The van der Waals surface area contributed by atoms with Gasteiger partial charge in [0.05, 0.1) is 44.2 Å². The van der Waals surface area contributed by atoms with Gasteiger partial charge in [0.1, 0.15) is 0 Å². The quantitative estimate of drug-likeness (QED) is 0.921. The van der Waals surface area contributed by atoms with Crippen LogP contribution in [-0.2, 0) is 16.0 Å². The maximum Gasteiger partial charge on any atom is 0.179 e. The molecule has 1 unspecified atom stereocenters. The molecule has 0 aromatic heterocycles. The Morgan fingerprint density at radius 1 is 1.14 bits per heavy atom. The standard InChI is InChI=1S/C15H20ClNO4/c16-13-6-11(7-14-15(13)21-3-1-2-20-14)8-17-9-12-10-18-4-5-19-12/h6-7,12,17H,1-5,8-10H2. The molecule has 1 aromatic carbocycles. The largest absolute Gasteiger partial charge is 0.489 e. The third-order valence-electron chi connectivity index (χ3n) is 3.45. The predicted molar refractivity (Wildman–Crippen MR) is 79.3 cm³/mol. The van der Waals surface area contributed by atoms with Crippen LogP contribution in [0.15, 0.2) is 12.1 Å². The molecule has 2 aliphatic rings. The van der Waals surface area contributed by atoms with Crippen LogP contribution in [0.1, 0.15) is 12.0 Å². The third-order valence-corrected chi connectivity index (χ3v) is 3.73. The molecular formula is C15H20ClNO4. The Morgan fingerprint density at radius 2 is 2.05 bits per heavy atom. The van der Waals surface area contributed by atoms with E-state index in [4.69, 9.17) is 30.5 Å². The van der Waals surface area contributed by atoms with Crippen LogP contribution in [0.3, 0.4) is 0 Å². The van der Waals surface area contributed by atoms with E-state index in [1.807, 2.05) is 12.1 Å². The van der Waals surface area contributed by atoms with Crippen molar-refractivity contribution in [3.05, 3.63) is 22.7 Å². The van der Waals surface area contributed by atoms with E-state index in [0.29, 0.717) is 50.4 Å². The molecule has 1 fully saturated rings. The summed E-state index contributed by atoms with van der Waals surface area (Å²) < 4.78 is 22.3. The summed E-state index contributed by atoms with van der Waals surface area (Å²) >= 11 is 6.27. The van der Waals surface area contributed by atoms with E-state index in [1.54, 1.807) is 0 Å². The van der Waals surface area contributed by atoms with Crippen molar-refractivity contribution in [1.82, 2.24) is 5.32 Å². The molecule has 5 nitrogen and oxygen atoms in total. The molecule has 0 saturated carbocycles. The maximum absolute atomic E-state index is 6.27. The molecule has 1 N–H and O–H groups in total. The van der Waals surface area contributed by atoms with Crippen molar-refractivity contribution in [2.24, 2.45) is 0 Å². The van der Waals surface area contributed by atoms with E-state index >= 15 is 0 Å². The summed E-state index contributed by atoms with van der Waals surface area (Å²) in [5.41, 5.74) is 1.07. The van der Waals surface area contributed by atoms with Gasteiger partial charge in [0, 0.05) is 19.5 Å². The van der Waals surface area contributed by atoms with Gasteiger partial charge in [-0.25, -0.2) is 0 Å². The van der Waals surface area contributed by atoms with Crippen LogP contribution in [0.2, 0.25) is 5.02 Å². The Bertz CT molecular complexity index is 477. The zero-order valence-electron chi connectivity index (χ0n) is 11.9. The predicted octanol–water partition coefficient (Wildman–Crippen LogP) is 2.01. The lowest BCUT2D eigenvalue weighted by Crippen LogP contribution is -2.37. The lowest BCUT2D eigenvalue weighted by atomic mass is 10.2. The van der Waals surface area contributed by atoms with Gasteiger partial charge in [-0.1, -0.05) is 11.6 Å². The van der Waals surface area contributed by atoms with Crippen molar-refractivity contribution in [2.45, 2.75) is 19.1 Å². The zero-order chi connectivity index (χ0) is 14.5. The smallest absolute Gasteiger partial charge is 0.179 e. The molecule has 6 heteroatoms. The molecule has 116 valence electrons. The molecule has 1 aromatic rings. The molecule has 2 aliphatic heterocycles. The van der Waals surface area contributed by atoms with Crippen molar-refractivity contribution < 1.29 is 18.9 Å². The fourth-order valence-corrected chi connectivity index (χ4v) is 2.71. The van der Waals surface area contributed by atoms with E-state index in [2.05, 4.69) is 5.32 Å². The van der Waals surface area contributed by atoms with Gasteiger partial charge in [-0.2, -0.15) is 0 Å². The highest BCUT2D eigenvalue weighted by Crippen LogP contribution is 2.37. The second kappa shape index (κ2) is 7.31. The van der Waals surface area contributed by atoms with Crippen LogP contribution < -0.4 is 14.8 Å². The number of ether oxygens (including phenoxy) is 4. The third kappa shape index (κ3) is 4.01. The van der Waals surface area contributed by atoms with Crippen LogP contribution in [0.4, 0.5) is 0 Å². The monoisotopic (exact) mass is 313 g/mol. The Labute approximate surface area is 129 Å². The number of rotatable bonds is 4. The molecule has 0 bridgehead atoms. The first-order valence-electron chi connectivity index (χ1n) is 7.31. The fourth-order valence-electron chi connectivity index (χ4n) is 2.42. The molecule has 21 heavy (non-hydrogen) atoms. The first-order chi connectivity index (χ1) is 10.3. The number of halogens is 1. The summed E-state index contributed by atoms with van der Waals surface area (Å²) in [5.74, 6) is 1.39. The van der Waals surface area contributed by atoms with E-state index in [0.717, 1.165) is 24.3 Å². The minimum absolute atomic E-state index is 0.120. The summed E-state index contributed by atoms with van der Waals surface area (Å²) in [7, 11) is 0. The molecule has 3 rings (SSSR count). The van der Waals surface area contributed by atoms with E-state index in [1.165, 1.54) is 0 Å². The second-order valence-electron chi connectivity index (χ2n) is 5.15. The van der Waals surface area contributed by atoms with Crippen LogP contribution in [0, 0.1) is 0 Å². The molecule has 1 saturated heterocycles. The number of hydrogen-bond acceptors (Lipinski definition) is 5. The summed E-state index contributed by atoms with van der Waals surface area (Å²) in [4.78, 5) is 0. The van der Waals surface area contributed by atoms with Crippen molar-refractivity contribution in [3.63, 3.8) is 0 Å². The minimum Gasteiger partial charge on any atom is -0.489 e. The van der Waals surface area contributed by atoms with Crippen LogP contribution in [0.25, 0.3) is 0 Å². The maximum atomic E-state index is 6.27. The first-order valence-corrected chi connectivity index (χ1v) is 7.69. The molecule has 0 radical (unpaired) electrons. The molecule has 0 spiro atoms. The SMILES string of the molecule is Clc1cc(CNCC2COCCO2)cc2c1OCCCO2. The fraction of sp³-hybridized carbons (Fsp3) is 0.600. The molecular weight excluding hydrogens is 294 g/mol. The van der Waals surface area contributed by atoms with Gasteiger partial charge in [0.2, 0.25) is 0 Å². The molecule has 0 amide bonds. The summed E-state index contributed by atoms with van der Waals surface area (Å²) in [6.45, 7) is 4.77. The highest BCUT2D eigenvalue weighted by atomic mass is 35.5. The van der Waals surface area contributed by atoms with Crippen molar-refractivity contribution >= 4 is 11.6 Å². The summed E-state index contributed by atoms with van der Waals surface area (Å²) in [6.07, 6.45) is 0.993. The molecule has 2 heterocycles. The lowest BCUT2D eigenvalue weighted by Gasteiger charge is -2.23. The minimum atomic E-state index is 0.120. The van der Waals surface area contributed by atoms with Gasteiger partial charge in [0.15, 0.2) is 11.5 Å². The van der Waals surface area contributed by atoms with Crippen LogP contribution in [0.5, 0.6) is 11.5 Å². The van der Waals surface area contributed by atoms with E-state index < -0.39 is 0 Å².